The zero-order valence-electron chi connectivity index (χ0n) is 24.4. The standard InChI is InChI=1S/C33H28Cl3FN8O/c34-21-3-1-19(2-4-21)32(30-16-45(43-42-30)24-7-9-44(10-8-24)25-17-46-18-25)41-23-11-26-31(40-22-5-6-29(37)27(35)12-22)20(14-38)15-39-33(26)28(36)13-23/h1-6,11-13,15-16,24-25,32,41H,7-10,17-18H2,(H,39,40)/t32-/m0/s1. The van der Waals surface area contributed by atoms with Crippen LogP contribution < -0.4 is 10.6 Å². The van der Waals surface area contributed by atoms with Crippen LogP contribution in [0.15, 0.2) is 67.0 Å². The minimum atomic E-state index is -0.541. The molecule has 5 aromatic rings. The summed E-state index contributed by atoms with van der Waals surface area (Å²) in [4.78, 5) is 6.95. The number of likely N-dealkylation sites (tertiary alicyclic amines) is 1. The number of nitrogens with one attached hydrogen (secondary N) is 2. The summed E-state index contributed by atoms with van der Waals surface area (Å²) in [6.45, 7) is 3.64. The van der Waals surface area contributed by atoms with Gasteiger partial charge >= 0.3 is 0 Å². The molecule has 0 spiro atoms. The molecular weight excluding hydrogens is 650 g/mol. The van der Waals surface area contributed by atoms with Gasteiger partial charge in [-0.2, -0.15) is 5.26 Å². The number of aromatic nitrogens is 4. The summed E-state index contributed by atoms with van der Waals surface area (Å²) in [6.07, 6.45) is 5.43. The molecule has 0 amide bonds. The van der Waals surface area contributed by atoms with E-state index in [9.17, 15) is 9.65 Å². The lowest BCUT2D eigenvalue weighted by atomic mass is 10.0. The predicted molar refractivity (Wildman–Crippen MR) is 178 cm³/mol. The number of halogens is 4. The lowest BCUT2D eigenvalue weighted by molar-refractivity contribution is -0.0734. The molecule has 0 aliphatic carbocycles. The maximum atomic E-state index is 13.9. The largest absolute Gasteiger partial charge is 0.378 e. The number of benzene rings is 3. The number of hydrogen-bond acceptors (Lipinski definition) is 8. The topological polar surface area (TPSA) is 104 Å². The summed E-state index contributed by atoms with van der Waals surface area (Å²) in [5.74, 6) is -0.541. The van der Waals surface area contributed by atoms with E-state index in [1.165, 1.54) is 18.3 Å². The maximum absolute atomic E-state index is 13.9. The molecule has 2 saturated heterocycles. The third-order valence-electron chi connectivity index (χ3n) is 8.58. The first kappa shape index (κ1) is 30.7. The SMILES string of the molecule is N#Cc1cnc2c(Cl)cc(N[C@@H](c3ccc(Cl)cc3)c3cn(C4CCN(C5COC5)CC4)nn3)cc2c1Nc1ccc(F)c(Cl)c1. The molecular formula is C33H28Cl3FN8O. The molecule has 13 heteroatoms. The van der Waals surface area contributed by atoms with E-state index >= 15 is 0 Å². The molecule has 46 heavy (non-hydrogen) atoms. The van der Waals surface area contributed by atoms with E-state index in [0.717, 1.165) is 50.4 Å². The first-order valence-corrected chi connectivity index (χ1v) is 16.0. The van der Waals surface area contributed by atoms with Crippen LogP contribution in [0, 0.1) is 17.1 Å². The van der Waals surface area contributed by atoms with Gasteiger partial charge in [-0.1, -0.05) is 52.1 Å². The lowest BCUT2D eigenvalue weighted by Crippen LogP contribution is -2.51. The monoisotopic (exact) mass is 676 g/mol. The second-order valence-corrected chi connectivity index (χ2v) is 12.7. The zero-order valence-corrected chi connectivity index (χ0v) is 26.7. The quantitative estimate of drug-likeness (QED) is 0.172. The maximum Gasteiger partial charge on any atom is 0.141 e. The van der Waals surface area contributed by atoms with Crippen LogP contribution in [0.4, 0.5) is 21.5 Å². The summed E-state index contributed by atoms with van der Waals surface area (Å²) in [6, 6.07) is 18.1. The second kappa shape index (κ2) is 13.0. The number of hydrogen-bond donors (Lipinski definition) is 2. The number of rotatable bonds is 8. The third kappa shape index (κ3) is 6.21. The Morgan fingerprint density at radius 2 is 1.72 bits per heavy atom. The van der Waals surface area contributed by atoms with Gasteiger partial charge < -0.3 is 15.4 Å². The van der Waals surface area contributed by atoms with Crippen molar-refractivity contribution in [1.82, 2.24) is 24.9 Å². The minimum Gasteiger partial charge on any atom is -0.378 e. The van der Waals surface area contributed by atoms with Gasteiger partial charge in [-0.3, -0.25) is 9.88 Å². The van der Waals surface area contributed by atoms with E-state index in [-0.39, 0.29) is 16.6 Å². The first-order valence-electron chi connectivity index (χ1n) is 14.9. The van der Waals surface area contributed by atoms with Crippen LogP contribution >= 0.6 is 34.8 Å². The fraction of sp³-hybridized carbons (Fsp3) is 0.273. The van der Waals surface area contributed by atoms with Gasteiger partial charge in [0.05, 0.1) is 64.3 Å². The highest BCUT2D eigenvalue weighted by Gasteiger charge is 2.31. The van der Waals surface area contributed by atoms with Crippen LogP contribution in [0.25, 0.3) is 10.9 Å². The Morgan fingerprint density at radius 1 is 0.957 bits per heavy atom. The number of piperidine rings is 1. The Labute approximate surface area is 279 Å². The molecule has 0 unspecified atom stereocenters. The van der Waals surface area contributed by atoms with E-state index in [1.54, 1.807) is 12.1 Å². The molecule has 3 aromatic carbocycles. The zero-order chi connectivity index (χ0) is 31.8. The van der Waals surface area contributed by atoms with Crippen LogP contribution in [-0.2, 0) is 4.74 Å². The molecule has 0 saturated carbocycles. The van der Waals surface area contributed by atoms with E-state index in [2.05, 4.69) is 36.9 Å². The van der Waals surface area contributed by atoms with Crippen molar-refractivity contribution in [2.24, 2.45) is 0 Å². The highest BCUT2D eigenvalue weighted by molar-refractivity contribution is 6.36. The number of anilines is 3. The molecule has 2 N–H and O–H groups in total. The molecule has 1 atom stereocenters. The van der Waals surface area contributed by atoms with Crippen LogP contribution in [0.3, 0.4) is 0 Å². The fourth-order valence-electron chi connectivity index (χ4n) is 5.98. The van der Waals surface area contributed by atoms with Crippen molar-refractivity contribution >= 4 is 62.8 Å². The molecule has 2 aliphatic rings. The van der Waals surface area contributed by atoms with Crippen molar-refractivity contribution in [2.75, 3.05) is 36.9 Å². The summed E-state index contributed by atoms with van der Waals surface area (Å²) in [5, 5.41) is 27.4. The van der Waals surface area contributed by atoms with Crippen molar-refractivity contribution in [3.05, 3.63) is 105 Å². The average Bonchev–Trinajstić information content (AvgIpc) is 3.52. The molecule has 2 aliphatic heterocycles. The number of nitrogens with zero attached hydrogens (tertiary/aromatic N) is 6. The molecule has 0 radical (unpaired) electrons. The third-order valence-corrected chi connectivity index (χ3v) is 9.41. The van der Waals surface area contributed by atoms with E-state index < -0.39 is 11.9 Å². The molecule has 4 heterocycles. The molecule has 2 aromatic heterocycles. The van der Waals surface area contributed by atoms with E-state index in [1.807, 2.05) is 41.2 Å². The van der Waals surface area contributed by atoms with Gasteiger partial charge in [0.25, 0.3) is 0 Å². The summed E-state index contributed by atoms with van der Waals surface area (Å²) in [5.41, 5.74) is 4.08. The van der Waals surface area contributed by atoms with Crippen molar-refractivity contribution in [3.8, 4) is 6.07 Å². The molecule has 9 nitrogen and oxygen atoms in total. The Kier molecular flexibility index (Phi) is 8.68. The molecule has 2 fully saturated rings. The van der Waals surface area contributed by atoms with Crippen LogP contribution in [0.5, 0.6) is 0 Å². The van der Waals surface area contributed by atoms with Crippen LogP contribution in [-0.4, -0.2) is 57.2 Å². The van der Waals surface area contributed by atoms with Gasteiger partial charge in [-0.15, -0.1) is 5.10 Å². The number of ether oxygens (including phenoxy) is 1. The van der Waals surface area contributed by atoms with Gasteiger partial charge in [-0.25, -0.2) is 9.07 Å². The predicted octanol–water partition coefficient (Wildman–Crippen LogP) is 7.78. The Bertz CT molecular complexity index is 1930. The Balaban J connectivity index is 1.22. The summed E-state index contributed by atoms with van der Waals surface area (Å²) < 4.78 is 21.2. The van der Waals surface area contributed by atoms with Crippen molar-refractivity contribution in [2.45, 2.75) is 31.0 Å². The van der Waals surface area contributed by atoms with Crippen molar-refractivity contribution in [3.63, 3.8) is 0 Å². The van der Waals surface area contributed by atoms with Crippen LogP contribution in [0.2, 0.25) is 15.1 Å². The molecule has 7 rings (SSSR count). The fourth-order valence-corrected chi connectivity index (χ4v) is 6.56. The van der Waals surface area contributed by atoms with Gasteiger partial charge in [-0.05, 0) is 60.9 Å². The average molecular weight is 678 g/mol. The highest BCUT2D eigenvalue weighted by Crippen LogP contribution is 2.37. The molecule has 234 valence electrons. The summed E-state index contributed by atoms with van der Waals surface area (Å²) in [7, 11) is 0. The van der Waals surface area contributed by atoms with E-state index in [4.69, 9.17) is 39.5 Å². The first-order chi connectivity index (χ1) is 22.4. The van der Waals surface area contributed by atoms with Gasteiger partial charge in [0.15, 0.2) is 0 Å². The number of fused-ring (bicyclic) bond motifs is 1. The summed E-state index contributed by atoms with van der Waals surface area (Å²) >= 11 is 19.1. The minimum absolute atomic E-state index is 0.0420. The van der Waals surface area contributed by atoms with E-state index in [0.29, 0.717) is 44.1 Å². The Morgan fingerprint density at radius 3 is 2.41 bits per heavy atom. The van der Waals surface area contributed by atoms with Crippen molar-refractivity contribution < 1.29 is 9.13 Å². The highest BCUT2D eigenvalue weighted by atomic mass is 35.5. The van der Waals surface area contributed by atoms with Gasteiger partial charge in [0.1, 0.15) is 17.6 Å². The number of nitriles is 1. The van der Waals surface area contributed by atoms with Crippen molar-refractivity contribution in [1.29, 1.82) is 5.26 Å². The van der Waals surface area contributed by atoms with Gasteiger partial charge in [0.2, 0.25) is 0 Å². The smallest absolute Gasteiger partial charge is 0.141 e. The number of pyridine rings is 1. The lowest BCUT2D eigenvalue weighted by Gasteiger charge is -2.41. The van der Waals surface area contributed by atoms with Crippen LogP contribution in [0.1, 0.15) is 41.7 Å². The normalized spacial score (nSPS) is 16.6. The molecule has 0 bridgehead atoms. The second-order valence-electron chi connectivity index (χ2n) is 11.5. The van der Waals surface area contributed by atoms with Gasteiger partial charge in [0, 0.05) is 41.1 Å². The Hall–Kier alpha value is -3.98.